The van der Waals surface area contributed by atoms with Crippen LogP contribution in [0.15, 0.2) is 42.5 Å². The van der Waals surface area contributed by atoms with Crippen molar-refractivity contribution in [3.8, 4) is 0 Å². The van der Waals surface area contributed by atoms with Crippen LogP contribution in [0.2, 0.25) is 0 Å². The number of halogens is 1. The van der Waals surface area contributed by atoms with Gasteiger partial charge in [0.05, 0.1) is 15.9 Å². The number of anilines is 1. The molecule has 0 radical (unpaired) electrons. The van der Waals surface area contributed by atoms with Gasteiger partial charge in [-0.1, -0.05) is 18.2 Å². The molecule has 0 saturated heterocycles. The first-order valence-electron chi connectivity index (χ1n) is 6.39. The lowest BCUT2D eigenvalue weighted by Crippen LogP contribution is -2.08. The third kappa shape index (κ3) is 3.54. The van der Waals surface area contributed by atoms with Crippen molar-refractivity contribution >= 4 is 17.1 Å². The second-order valence-corrected chi connectivity index (χ2v) is 4.48. The molecule has 0 amide bonds. The van der Waals surface area contributed by atoms with Crippen LogP contribution < -0.4 is 5.32 Å². The van der Waals surface area contributed by atoms with Gasteiger partial charge in [-0.3, -0.25) is 20.2 Å². The molecule has 0 aromatic heterocycles. The van der Waals surface area contributed by atoms with Gasteiger partial charge in [0.15, 0.2) is 0 Å². The molecule has 0 aliphatic rings. The van der Waals surface area contributed by atoms with Crippen molar-refractivity contribution in [2.24, 2.45) is 0 Å². The van der Waals surface area contributed by atoms with E-state index in [9.17, 15) is 24.6 Å². The highest BCUT2D eigenvalue weighted by atomic mass is 19.1. The van der Waals surface area contributed by atoms with Gasteiger partial charge in [0.2, 0.25) is 0 Å². The van der Waals surface area contributed by atoms with Crippen LogP contribution in [0.3, 0.4) is 0 Å². The molecule has 2 aromatic rings. The molecule has 2 rings (SSSR count). The Morgan fingerprint density at radius 3 is 2.41 bits per heavy atom. The molecule has 0 fully saturated rings. The summed E-state index contributed by atoms with van der Waals surface area (Å²) >= 11 is 0. The van der Waals surface area contributed by atoms with Gasteiger partial charge in [-0.2, -0.15) is 0 Å². The highest BCUT2D eigenvalue weighted by Gasteiger charge is 2.19. The molecule has 0 atom stereocenters. The number of hydrogen-bond acceptors (Lipinski definition) is 5. The second kappa shape index (κ2) is 6.61. The lowest BCUT2D eigenvalue weighted by Gasteiger charge is -2.07. The first-order chi connectivity index (χ1) is 10.5. The van der Waals surface area contributed by atoms with Crippen LogP contribution in [-0.4, -0.2) is 16.4 Å². The number of hydrogen-bond donors (Lipinski definition) is 1. The van der Waals surface area contributed by atoms with Gasteiger partial charge in [-0.15, -0.1) is 0 Å². The van der Waals surface area contributed by atoms with E-state index in [-0.39, 0.29) is 29.4 Å². The summed E-state index contributed by atoms with van der Waals surface area (Å²) in [5.74, 6) is -0.345. The van der Waals surface area contributed by atoms with E-state index < -0.39 is 9.85 Å². The quantitative estimate of drug-likeness (QED) is 0.652. The molecule has 0 spiro atoms. The first-order valence-corrected chi connectivity index (χ1v) is 6.39. The van der Waals surface area contributed by atoms with E-state index in [4.69, 9.17) is 0 Å². The average Bonchev–Trinajstić information content (AvgIpc) is 2.49. The summed E-state index contributed by atoms with van der Waals surface area (Å²) in [5.41, 5.74) is -0.0967. The molecule has 0 aliphatic heterocycles. The Morgan fingerprint density at radius 2 is 1.77 bits per heavy atom. The number of nitrogens with one attached hydrogen (secondary N) is 1. The van der Waals surface area contributed by atoms with Crippen molar-refractivity contribution in [1.82, 2.24) is 0 Å². The minimum Gasteiger partial charge on any atom is -0.379 e. The van der Waals surface area contributed by atoms with Crippen LogP contribution in [0.25, 0.3) is 0 Å². The summed E-state index contributed by atoms with van der Waals surface area (Å²) in [4.78, 5) is 20.2. The van der Waals surface area contributed by atoms with Gasteiger partial charge in [0, 0.05) is 12.6 Å². The van der Waals surface area contributed by atoms with E-state index in [2.05, 4.69) is 5.32 Å². The zero-order valence-electron chi connectivity index (χ0n) is 11.4. The summed E-state index contributed by atoms with van der Waals surface area (Å²) in [7, 11) is 0. The fourth-order valence-electron chi connectivity index (χ4n) is 1.97. The molecule has 0 heterocycles. The van der Waals surface area contributed by atoms with Gasteiger partial charge in [-0.05, 0) is 24.1 Å². The predicted octanol–water partition coefficient (Wildman–Crippen LogP) is 3.30. The molecular formula is C14H12FN3O4. The van der Waals surface area contributed by atoms with E-state index in [1.54, 1.807) is 18.2 Å². The van der Waals surface area contributed by atoms with Crippen LogP contribution in [0.1, 0.15) is 5.56 Å². The van der Waals surface area contributed by atoms with Crippen molar-refractivity contribution in [3.63, 3.8) is 0 Å². The average molecular weight is 305 g/mol. The molecule has 0 unspecified atom stereocenters. The highest BCUT2D eigenvalue weighted by molar-refractivity contribution is 5.65. The molecule has 0 bridgehead atoms. The summed E-state index contributed by atoms with van der Waals surface area (Å²) in [6, 6.07) is 9.59. The molecule has 0 saturated carbocycles. The van der Waals surface area contributed by atoms with Crippen LogP contribution >= 0.6 is 0 Å². The molecule has 114 valence electrons. The topological polar surface area (TPSA) is 98.3 Å². The number of nitro groups is 2. The van der Waals surface area contributed by atoms with E-state index in [0.717, 1.165) is 6.07 Å². The monoisotopic (exact) mass is 305 g/mol. The molecule has 2 aromatic carbocycles. The third-order valence-electron chi connectivity index (χ3n) is 3.06. The van der Waals surface area contributed by atoms with Crippen LogP contribution in [-0.2, 0) is 6.42 Å². The summed E-state index contributed by atoms with van der Waals surface area (Å²) in [6.45, 7) is 0.263. The van der Waals surface area contributed by atoms with Crippen LogP contribution in [0.4, 0.5) is 21.5 Å². The zero-order valence-corrected chi connectivity index (χ0v) is 11.4. The number of nitro benzene ring substituents is 2. The van der Waals surface area contributed by atoms with Gasteiger partial charge in [0.1, 0.15) is 11.5 Å². The largest absolute Gasteiger partial charge is 0.379 e. The predicted molar refractivity (Wildman–Crippen MR) is 78.3 cm³/mol. The fraction of sp³-hybridized carbons (Fsp3) is 0.143. The van der Waals surface area contributed by atoms with Gasteiger partial charge in [-0.25, -0.2) is 4.39 Å². The Labute approximate surface area is 124 Å². The minimum absolute atomic E-state index is 0.159. The van der Waals surface area contributed by atoms with Crippen molar-refractivity contribution in [2.75, 3.05) is 11.9 Å². The maximum absolute atomic E-state index is 13.5. The summed E-state index contributed by atoms with van der Waals surface area (Å²) < 4.78 is 13.5. The van der Waals surface area contributed by atoms with E-state index in [1.807, 2.05) is 0 Å². The third-order valence-corrected chi connectivity index (χ3v) is 3.06. The Bertz CT molecular complexity index is 721. The zero-order chi connectivity index (χ0) is 16.1. The van der Waals surface area contributed by atoms with Gasteiger partial charge in [0.25, 0.3) is 11.4 Å². The summed E-state index contributed by atoms with van der Waals surface area (Å²) in [6.07, 6.45) is 0.334. The first kappa shape index (κ1) is 15.4. The van der Waals surface area contributed by atoms with Crippen LogP contribution in [0.5, 0.6) is 0 Å². The molecular weight excluding hydrogens is 293 g/mol. The number of rotatable bonds is 6. The van der Waals surface area contributed by atoms with Crippen molar-refractivity contribution in [1.29, 1.82) is 0 Å². The lowest BCUT2D eigenvalue weighted by atomic mass is 10.1. The second-order valence-electron chi connectivity index (χ2n) is 4.48. The van der Waals surface area contributed by atoms with Crippen molar-refractivity contribution in [3.05, 3.63) is 74.1 Å². The van der Waals surface area contributed by atoms with E-state index in [0.29, 0.717) is 12.0 Å². The molecule has 22 heavy (non-hydrogen) atoms. The molecule has 0 aliphatic carbocycles. The standard InChI is InChI=1S/C14H12FN3O4/c15-12-4-2-1-3-10(12)7-8-16-13-6-5-11(17(19)20)9-14(13)18(21)22/h1-6,9,16H,7-8H2. The van der Waals surface area contributed by atoms with E-state index >= 15 is 0 Å². The minimum atomic E-state index is -0.698. The van der Waals surface area contributed by atoms with Gasteiger partial charge < -0.3 is 5.32 Å². The maximum atomic E-state index is 13.5. The van der Waals surface area contributed by atoms with Crippen molar-refractivity contribution in [2.45, 2.75) is 6.42 Å². The van der Waals surface area contributed by atoms with Gasteiger partial charge >= 0.3 is 0 Å². The Kier molecular flexibility index (Phi) is 4.62. The smallest absolute Gasteiger partial charge is 0.299 e. The maximum Gasteiger partial charge on any atom is 0.299 e. The highest BCUT2D eigenvalue weighted by Crippen LogP contribution is 2.28. The Hall–Kier alpha value is -3.03. The molecule has 7 nitrogen and oxygen atoms in total. The van der Waals surface area contributed by atoms with Crippen molar-refractivity contribution < 1.29 is 14.2 Å². The number of non-ortho nitro benzene ring substituents is 1. The summed E-state index contributed by atoms with van der Waals surface area (Å²) in [5, 5.41) is 24.4. The van der Waals surface area contributed by atoms with Crippen LogP contribution in [0, 0.1) is 26.0 Å². The lowest BCUT2D eigenvalue weighted by molar-refractivity contribution is -0.393. The molecule has 1 N–H and O–H groups in total. The number of benzene rings is 2. The Balaban J connectivity index is 2.11. The normalized spacial score (nSPS) is 10.2. The van der Waals surface area contributed by atoms with E-state index in [1.165, 1.54) is 18.2 Å². The molecule has 8 heteroatoms. The Morgan fingerprint density at radius 1 is 1.05 bits per heavy atom. The number of nitrogens with zero attached hydrogens (tertiary/aromatic N) is 2. The SMILES string of the molecule is O=[N+]([O-])c1ccc(NCCc2ccccc2F)c([N+](=O)[O-])c1. The fourth-order valence-corrected chi connectivity index (χ4v) is 1.97.